The topological polar surface area (TPSA) is 41.1 Å². The van der Waals surface area contributed by atoms with Gasteiger partial charge in [0.1, 0.15) is 5.82 Å². The van der Waals surface area contributed by atoms with Crippen LogP contribution in [-0.4, -0.2) is 18.5 Å². The number of carbonyl (C=O) groups is 1. The van der Waals surface area contributed by atoms with E-state index in [0.29, 0.717) is 18.2 Å². The second-order valence-electron chi connectivity index (χ2n) is 4.81. The number of anilines is 1. The van der Waals surface area contributed by atoms with Gasteiger partial charge in [0.25, 0.3) is 0 Å². The molecular formula is C14H19FN2O. The lowest BCUT2D eigenvalue weighted by atomic mass is 10.1. The molecular weight excluding hydrogens is 231 g/mol. The first-order valence-corrected chi connectivity index (χ1v) is 6.45. The molecule has 1 atom stereocenters. The molecule has 1 aromatic carbocycles. The predicted molar refractivity (Wildman–Crippen MR) is 70.0 cm³/mol. The molecule has 1 aromatic rings. The number of para-hydroxylation sites is 1. The molecule has 0 aromatic heterocycles. The lowest BCUT2D eigenvalue weighted by Gasteiger charge is -2.11. The molecule has 4 heteroatoms. The number of hydrogen-bond donors (Lipinski definition) is 2. The first kappa shape index (κ1) is 13.0. The molecule has 0 spiro atoms. The Morgan fingerprint density at radius 3 is 3.06 bits per heavy atom. The highest BCUT2D eigenvalue weighted by molar-refractivity contribution is 5.91. The monoisotopic (exact) mass is 250 g/mol. The third-order valence-corrected chi connectivity index (χ3v) is 3.37. The summed E-state index contributed by atoms with van der Waals surface area (Å²) in [6.07, 6.45) is 3.56. The molecule has 1 unspecified atom stereocenters. The van der Waals surface area contributed by atoms with Crippen LogP contribution < -0.4 is 10.6 Å². The summed E-state index contributed by atoms with van der Waals surface area (Å²) in [5.74, 6) is -0.487. The molecule has 1 amide bonds. The maximum Gasteiger partial charge on any atom is 0.224 e. The lowest BCUT2D eigenvalue weighted by Crippen LogP contribution is -2.23. The summed E-state index contributed by atoms with van der Waals surface area (Å²) >= 11 is 0. The van der Waals surface area contributed by atoms with E-state index in [9.17, 15) is 9.18 Å². The second-order valence-corrected chi connectivity index (χ2v) is 4.81. The zero-order valence-electron chi connectivity index (χ0n) is 10.6. The van der Waals surface area contributed by atoms with Crippen LogP contribution in [0.25, 0.3) is 0 Å². The Hall–Kier alpha value is -1.42. The maximum atomic E-state index is 13.5. The van der Waals surface area contributed by atoms with Crippen LogP contribution in [0.4, 0.5) is 10.1 Å². The van der Waals surface area contributed by atoms with Crippen molar-refractivity contribution in [3.8, 4) is 0 Å². The Morgan fingerprint density at radius 2 is 2.39 bits per heavy atom. The zero-order valence-corrected chi connectivity index (χ0v) is 10.6. The minimum absolute atomic E-state index is 0.114. The summed E-state index contributed by atoms with van der Waals surface area (Å²) < 4.78 is 13.5. The molecule has 1 saturated heterocycles. The summed E-state index contributed by atoms with van der Waals surface area (Å²) in [6, 6.07) is 5.23. The van der Waals surface area contributed by atoms with Gasteiger partial charge in [-0.2, -0.15) is 0 Å². The van der Waals surface area contributed by atoms with Gasteiger partial charge in [-0.15, -0.1) is 0 Å². The first-order chi connectivity index (χ1) is 8.66. The fourth-order valence-corrected chi connectivity index (χ4v) is 2.30. The first-order valence-electron chi connectivity index (χ1n) is 6.45. The summed E-state index contributed by atoms with van der Waals surface area (Å²) in [6.45, 7) is 2.83. The molecule has 1 fully saturated rings. The quantitative estimate of drug-likeness (QED) is 0.862. The number of amides is 1. The van der Waals surface area contributed by atoms with E-state index in [4.69, 9.17) is 0 Å². The molecule has 0 aliphatic carbocycles. The Kier molecular flexibility index (Phi) is 4.31. The van der Waals surface area contributed by atoms with Crippen LogP contribution in [0.3, 0.4) is 0 Å². The normalized spacial score (nSPS) is 18.9. The third kappa shape index (κ3) is 3.29. The molecule has 1 heterocycles. The number of carbonyl (C=O) groups excluding carboxylic acids is 1. The van der Waals surface area contributed by atoms with E-state index in [2.05, 4.69) is 10.6 Å². The summed E-state index contributed by atoms with van der Waals surface area (Å²) in [5.41, 5.74) is 1.06. The number of aryl methyl sites for hydroxylation is 1. The summed E-state index contributed by atoms with van der Waals surface area (Å²) in [5, 5.41) is 6.01. The Morgan fingerprint density at radius 1 is 1.56 bits per heavy atom. The molecule has 2 N–H and O–H groups in total. The number of halogens is 1. The number of benzene rings is 1. The van der Waals surface area contributed by atoms with Gasteiger partial charge < -0.3 is 10.6 Å². The van der Waals surface area contributed by atoms with Gasteiger partial charge >= 0.3 is 0 Å². The van der Waals surface area contributed by atoms with Crippen LogP contribution in [-0.2, 0) is 4.79 Å². The highest BCUT2D eigenvalue weighted by Gasteiger charge is 2.16. The van der Waals surface area contributed by atoms with Gasteiger partial charge in [0.15, 0.2) is 0 Å². The van der Waals surface area contributed by atoms with Crippen molar-refractivity contribution in [3.63, 3.8) is 0 Å². The van der Waals surface area contributed by atoms with Gasteiger partial charge in [0.05, 0.1) is 5.69 Å². The number of nitrogens with one attached hydrogen (secondary N) is 2. The summed E-state index contributed by atoms with van der Waals surface area (Å²) in [4.78, 5) is 11.8. The van der Waals surface area contributed by atoms with Crippen molar-refractivity contribution >= 4 is 11.6 Å². The van der Waals surface area contributed by atoms with E-state index in [1.54, 1.807) is 19.1 Å². The van der Waals surface area contributed by atoms with Crippen LogP contribution in [0.15, 0.2) is 18.2 Å². The fourth-order valence-electron chi connectivity index (χ4n) is 2.30. The molecule has 2 rings (SSSR count). The van der Waals surface area contributed by atoms with E-state index in [-0.39, 0.29) is 11.7 Å². The molecule has 18 heavy (non-hydrogen) atoms. The largest absolute Gasteiger partial charge is 0.323 e. The van der Waals surface area contributed by atoms with Crippen molar-refractivity contribution in [2.24, 2.45) is 0 Å². The zero-order chi connectivity index (χ0) is 13.0. The van der Waals surface area contributed by atoms with E-state index < -0.39 is 0 Å². The van der Waals surface area contributed by atoms with Crippen molar-refractivity contribution < 1.29 is 9.18 Å². The molecule has 0 bridgehead atoms. The van der Waals surface area contributed by atoms with Crippen LogP contribution in [0, 0.1) is 12.7 Å². The lowest BCUT2D eigenvalue weighted by molar-refractivity contribution is -0.116. The van der Waals surface area contributed by atoms with E-state index in [1.807, 2.05) is 0 Å². The van der Waals surface area contributed by atoms with Gasteiger partial charge in [-0.25, -0.2) is 4.39 Å². The van der Waals surface area contributed by atoms with Crippen molar-refractivity contribution in [2.75, 3.05) is 11.9 Å². The maximum absolute atomic E-state index is 13.5. The fraction of sp³-hybridized carbons (Fsp3) is 0.500. The predicted octanol–water partition coefficient (Wildman–Crippen LogP) is 2.60. The Bertz CT molecular complexity index is 408. The Labute approximate surface area is 107 Å². The average molecular weight is 250 g/mol. The van der Waals surface area contributed by atoms with Gasteiger partial charge in [0.2, 0.25) is 5.91 Å². The molecule has 1 aliphatic rings. The van der Waals surface area contributed by atoms with E-state index in [0.717, 1.165) is 24.9 Å². The minimum atomic E-state index is -0.373. The van der Waals surface area contributed by atoms with Crippen molar-refractivity contribution in [1.82, 2.24) is 5.32 Å². The van der Waals surface area contributed by atoms with Gasteiger partial charge in [-0.05, 0) is 44.4 Å². The van der Waals surface area contributed by atoms with Crippen molar-refractivity contribution in [1.29, 1.82) is 0 Å². The Balaban J connectivity index is 1.86. The van der Waals surface area contributed by atoms with E-state index >= 15 is 0 Å². The molecule has 0 saturated carbocycles. The highest BCUT2D eigenvalue weighted by atomic mass is 19.1. The number of rotatable bonds is 4. The van der Waals surface area contributed by atoms with Crippen LogP contribution in [0.1, 0.15) is 31.2 Å². The second kappa shape index (κ2) is 5.96. The van der Waals surface area contributed by atoms with Gasteiger partial charge in [-0.1, -0.05) is 12.1 Å². The molecule has 1 aliphatic heterocycles. The van der Waals surface area contributed by atoms with Gasteiger partial charge in [-0.3, -0.25) is 4.79 Å². The molecule has 98 valence electrons. The standard InChI is InChI=1S/C14H19FN2O/c1-10-4-2-6-12(15)14(10)17-13(18)8-7-11-5-3-9-16-11/h2,4,6,11,16H,3,5,7-9H2,1H3,(H,17,18). The average Bonchev–Trinajstić information content (AvgIpc) is 2.84. The van der Waals surface area contributed by atoms with Crippen LogP contribution in [0.5, 0.6) is 0 Å². The number of hydrogen-bond acceptors (Lipinski definition) is 2. The van der Waals surface area contributed by atoms with Crippen LogP contribution in [0.2, 0.25) is 0 Å². The minimum Gasteiger partial charge on any atom is -0.323 e. The van der Waals surface area contributed by atoms with Crippen molar-refractivity contribution in [3.05, 3.63) is 29.6 Å². The summed E-state index contributed by atoms with van der Waals surface area (Å²) in [7, 11) is 0. The van der Waals surface area contributed by atoms with Crippen LogP contribution >= 0.6 is 0 Å². The highest BCUT2D eigenvalue weighted by Crippen LogP contribution is 2.19. The van der Waals surface area contributed by atoms with E-state index in [1.165, 1.54) is 12.5 Å². The third-order valence-electron chi connectivity index (χ3n) is 3.37. The SMILES string of the molecule is Cc1cccc(F)c1NC(=O)CCC1CCCN1. The molecule has 0 radical (unpaired) electrons. The smallest absolute Gasteiger partial charge is 0.224 e. The van der Waals surface area contributed by atoms with Crippen molar-refractivity contribution in [2.45, 2.75) is 38.6 Å². The van der Waals surface area contributed by atoms with Gasteiger partial charge in [0, 0.05) is 12.5 Å². The molecule has 3 nitrogen and oxygen atoms in total.